The molecular weight excluding hydrogens is 302 g/mol. The van der Waals surface area contributed by atoms with E-state index in [-0.39, 0.29) is 0 Å². The Labute approximate surface area is 121 Å². The molecule has 0 atom stereocenters. The standard InChI is InChI=1S/C11H9N3S4/c1-7-13-14-11(18-7)17-6-9-5-16-10(12-9)8-2-3-15-4-8/h2-5H,6H2,1H3. The molecule has 0 fully saturated rings. The number of thiazole rings is 1. The third-order valence-corrected chi connectivity index (χ3v) is 5.80. The zero-order valence-corrected chi connectivity index (χ0v) is 12.8. The lowest BCUT2D eigenvalue weighted by atomic mass is 10.4. The topological polar surface area (TPSA) is 38.7 Å². The van der Waals surface area contributed by atoms with E-state index in [9.17, 15) is 0 Å². The van der Waals surface area contributed by atoms with Gasteiger partial charge >= 0.3 is 0 Å². The van der Waals surface area contributed by atoms with Crippen LogP contribution in [0.3, 0.4) is 0 Å². The Balaban J connectivity index is 1.67. The SMILES string of the molecule is Cc1nnc(SCc2csc(-c3ccsc3)n2)s1. The molecule has 3 rings (SSSR count). The molecule has 0 aromatic carbocycles. The van der Waals surface area contributed by atoms with Crippen molar-refractivity contribution in [2.75, 3.05) is 0 Å². The van der Waals surface area contributed by atoms with Crippen LogP contribution in [0.25, 0.3) is 10.6 Å². The quantitative estimate of drug-likeness (QED) is 0.672. The van der Waals surface area contributed by atoms with Gasteiger partial charge in [0.15, 0.2) is 4.34 Å². The maximum atomic E-state index is 4.64. The smallest absolute Gasteiger partial charge is 0.174 e. The molecule has 0 N–H and O–H groups in total. The number of aryl methyl sites for hydroxylation is 1. The van der Waals surface area contributed by atoms with E-state index in [2.05, 4.69) is 37.4 Å². The largest absolute Gasteiger partial charge is 0.240 e. The highest BCUT2D eigenvalue weighted by Crippen LogP contribution is 2.29. The number of hydrogen-bond acceptors (Lipinski definition) is 7. The average Bonchev–Trinajstić information content (AvgIpc) is 3.07. The van der Waals surface area contributed by atoms with Crippen molar-refractivity contribution in [3.05, 3.63) is 32.9 Å². The first-order valence-electron chi connectivity index (χ1n) is 5.21. The van der Waals surface area contributed by atoms with Gasteiger partial charge in [-0.25, -0.2) is 4.98 Å². The van der Waals surface area contributed by atoms with E-state index in [1.165, 1.54) is 5.56 Å². The molecule has 3 nitrogen and oxygen atoms in total. The van der Waals surface area contributed by atoms with Gasteiger partial charge in [-0.2, -0.15) is 11.3 Å². The number of hydrogen-bond donors (Lipinski definition) is 0. The summed E-state index contributed by atoms with van der Waals surface area (Å²) >= 11 is 6.72. The highest BCUT2D eigenvalue weighted by atomic mass is 32.2. The monoisotopic (exact) mass is 311 g/mol. The summed E-state index contributed by atoms with van der Waals surface area (Å²) in [6.45, 7) is 1.97. The fourth-order valence-corrected chi connectivity index (χ4v) is 4.71. The normalized spacial score (nSPS) is 10.9. The van der Waals surface area contributed by atoms with Gasteiger partial charge in [-0.1, -0.05) is 23.1 Å². The van der Waals surface area contributed by atoms with E-state index in [1.54, 1.807) is 45.8 Å². The van der Waals surface area contributed by atoms with Crippen molar-refractivity contribution in [3.63, 3.8) is 0 Å². The molecular formula is C11H9N3S4. The van der Waals surface area contributed by atoms with Crippen LogP contribution >= 0.6 is 45.8 Å². The highest BCUT2D eigenvalue weighted by molar-refractivity contribution is 8.00. The lowest BCUT2D eigenvalue weighted by Crippen LogP contribution is -1.81. The van der Waals surface area contributed by atoms with Gasteiger partial charge in [0.25, 0.3) is 0 Å². The summed E-state index contributed by atoms with van der Waals surface area (Å²) < 4.78 is 1.01. The minimum Gasteiger partial charge on any atom is -0.240 e. The first kappa shape index (κ1) is 12.3. The van der Waals surface area contributed by atoms with Crippen LogP contribution in [0.5, 0.6) is 0 Å². The molecule has 3 aromatic heterocycles. The molecule has 0 aliphatic carbocycles. The zero-order valence-electron chi connectivity index (χ0n) is 9.49. The first-order chi connectivity index (χ1) is 8.81. The maximum absolute atomic E-state index is 4.64. The van der Waals surface area contributed by atoms with E-state index in [1.807, 2.05) is 6.92 Å². The maximum Gasteiger partial charge on any atom is 0.174 e. The Morgan fingerprint density at radius 3 is 2.94 bits per heavy atom. The van der Waals surface area contributed by atoms with Crippen LogP contribution in [0.2, 0.25) is 0 Å². The summed E-state index contributed by atoms with van der Waals surface area (Å²) in [5, 5.41) is 16.5. The molecule has 0 saturated heterocycles. The van der Waals surface area contributed by atoms with Crippen molar-refractivity contribution in [1.82, 2.24) is 15.2 Å². The van der Waals surface area contributed by atoms with Gasteiger partial charge in [-0.15, -0.1) is 21.5 Å². The van der Waals surface area contributed by atoms with Gasteiger partial charge < -0.3 is 0 Å². The number of thiophene rings is 1. The van der Waals surface area contributed by atoms with Crippen LogP contribution < -0.4 is 0 Å². The van der Waals surface area contributed by atoms with Gasteiger partial charge in [0.1, 0.15) is 10.0 Å². The Morgan fingerprint density at radius 2 is 2.22 bits per heavy atom. The predicted octanol–water partition coefficient (Wildman–Crippen LogP) is 4.32. The van der Waals surface area contributed by atoms with Gasteiger partial charge in [0.05, 0.1) is 5.69 Å². The second-order valence-corrected chi connectivity index (χ2v) is 7.57. The molecule has 3 heterocycles. The molecule has 3 aromatic rings. The Morgan fingerprint density at radius 1 is 1.28 bits per heavy atom. The van der Waals surface area contributed by atoms with Crippen LogP contribution in [0, 0.1) is 6.92 Å². The second-order valence-electron chi connectivity index (χ2n) is 3.53. The summed E-state index contributed by atoms with van der Waals surface area (Å²) in [5.74, 6) is 0.856. The second kappa shape index (κ2) is 5.48. The molecule has 0 amide bonds. The number of thioether (sulfide) groups is 1. The molecule has 0 bridgehead atoms. The van der Waals surface area contributed by atoms with E-state index >= 15 is 0 Å². The predicted molar refractivity (Wildman–Crippen MR) is 79.6 cm³/mol. The van der Waals surface area contributed by atoms with E-state index in [0.717, 1.165) is 25.8 Å². The lowest BCUT2D eigenvalue weighted by Gasteiger charge is -1.92. The van der Waals surface area contributed by atoms with Crippen LogP contribution in [-0.4, -0.2) is 15.2 Å². The highest BCUT2D eigenvalue weighted by Gasteiger charge is 2.07. The van der Waals surface area contributed by atoms with Crippen molar-refractivity contribution in [2.45, 2.75) is 17.0 Å². The molecule has 92 valence electrons. The zero-order chi connectivity index (χ0) is 12.4. The number of rotatable bonds is 4. The Kier molecular flexibility index (Phi) is 3.74. The van der Waals surface area contributed by atoms with Crippen LogP contribution in [0.4, 0.5) is 0 Å². The number of nitrogens with zero attached hydrogens (tertiary/aromatic N) is 3. The fourth-order valence-electron chi connectivity index (χ4n) is 1.36. The third-order valence-electron chi connectivity index (χ3n) is 2.17. The molecule has 0 spiro atoms. The van der Waals surface area contributed by atoms with Crippen LogP contribution in [-0.2, 0) is 5.75 Å². The summed E-state index contributed by atoms with van der Waals surface area (Å²) in [6, 6.07) is 2.11. The summed E-state index contributed by atoms with van der Waals surface area (Å²) in [7, 11) is 0. The Hall–Kier alpha value is -0.760. The molecule has 0 unspecified atom stereocenters. The lowest BCUT2D eigenvalue weighted by molar-refractivity contribution is 0.983. The fraction of sp³-hybridized carbons (Fsp3) is 0.182. The van der Waals surface area contributed by atoms with Gasteiger partial charge in [0, 0.05) is 22.1 Å². The van der Waals surface area contributed by atoms with E-state index in [0.29, 0.717) is 0 Å². The van der Waals surface area contributed by atoms with Gasteiger partial charge in [-0.3, -0.25) is 0 Å². The molecule has 18 heavy (non-hydrogen) atoms. The van der Waals surface area contributed by atoms with E-state index in [4.69, 9.17) is 0 Å². The van der Waals surface area contributed by atoms with Crippen LogP contribution in [0.1, 0.15) is 10.7 Å². The van der Waals surface area contributed by atoms with E-state index < -0.39 is 0 Å². The summed E-state index contributed by atoms with van der Waals surface area (Å²) in [4.78, 5) is 4.64. The van der Waals surface area contributed by atoms with Crippen molar-refractivity contribution in [1.29, 1.82) is 0 Å². The molecule has 0 aliphatic heterocycles. The van der Waals surface area contributed by atoms with Crippen molar-refractivity contribution in [3.8, 4) is 10.6 Å². The minimum atomic E-state index is 0.856. The molecule has 7 heteroatoms. The Bertz CT molecular complexity index is 626. The first-order valence-corrected chi connectivity index (χ1v) is 8.83. The van der Waals surface area contributed by atoms with Gasteiger partial charge in [0.2, 0.25) is 0 Å². The van der Waals surface area contributed by atoms with Crippen molar-refractivity contribution >= 4 is 45.8 Å². The number of aromatic nitrogens is 3. The van der Waals surface area contributed by atoms with Crippen LogP contribution in [0.15, 0.2) is 26.5 Å². The summed E-state index contributed by atoms with van der Waals surface area (Å²) in [5.41, 5.74) is 2.33. The summed E-state index contributed by atoms with van der Waals surface area (Å²) in [6.07, 6.45) is 0. The third kappa shape index (κ3) is 2.80. The average molecular weight is 311 g/mol. The minimum absolute atomic E-state index is 0.856. The van der Waals surface area contributed by atoms with Crippen molar-refractivity contribution in [2.24, 2.45) is 0 Å². The van der Waals surface area contributed by atoms with Crippen molar-refractivity contribution < 1.29 is 0 Å². The van der Waals surface area contributed by atoms with Gasteiger partial charge in [-0.05, 0) is 18.4 Å². The molecule has 0 saturated carbocycles. The molecule has 0 aliphatic rings. The molecule has 0 radical (unpaired) electrons.